The fourth-order valence-electron chi connectivity index (χ4n) is 5.06. The van der Waals surface area contributed by atoms with E-state index in [4.69, 9.17) is 18.9 Å². The van der Waals surface area contributed by atoms with E-state index >= 15 is 0 Å². The van der Waals surface area contributed by atoms with Gasteiger partial charge >= 0.3 is 0 Å². The highest BCUT2D eigenvalue weighted by Gasteiger charge is 2.47. The molecule has 0 aliphatic carbocycles. The second-order valence-electron chi connectivity index (χ2n) is 9.06. The number of hydrogen-bond donors (Lipinski definition) is 0. The van der Waals surface area contributed by atoms with Crippen molar-refractivity contribution < 1.29 is 28.5 Å². The molecule has 3 aliphatic heterocycles. The maximum atomic E-state index is 13.6. The van der Waals surface area contributed by atoms with Gasteiger partial charge in [0.05, 0.1) is 11.8 Å². The maximum Gasteiger partial charge on any atom is 0.233 e. The summed E-state index contributed by atoms with van der Waals surface area (Å²) in [5.74, 6) is 1.60. The van der Waals surface area contributed by atoms with E-state index in [0.717, 1.165) is 16.7 Å². The predicted molar refractivity (Wildman–Crippen MR) is 126 cm³/mol. The van der Waals surface area contributed by atoms with Crippen molar-refractivity contribution in [2.75, 3.05) is 20.1 Å². The van der Waals surface area contributed by atoms with Crippen LogP contribution in [0.2, 0.25) is 0 Å². The molecule has 0 bridgehead atoms. The number of hydrogen-bond acceptors (Lipinski definition) is 6. The van der Waals surface area contributed by atoms with Crippen LogP contribution < -0.4 is 18.9 Å². The molecule has 0 unspecified atom stereocenters. The number of imide groups is 1. The Bertz CT molecular complexity index is 1200. The minimum absolute atomic E-state index is 0.116. The first-order valence-electron chi connectivity index (χ1n) is 11.8. The van der Waals surface area contributed by atoms with E-state index in [0.29, 0.717) is 48.8 Å². The fraction of sp³-hybridized carbons (Fsp3) is 0.286. The Hall–Kier alpha value is -4.00. The molecule has 2 amide bonds. The Labute approximate surface area is 203 Å². The molecule has 1 saturated heterocycles. The molecule has 6 rings (SSSR count). The molecule has 1 fully saturated rings. The Morgan fingerprint density at radius 2 is 1.14 bits per heavy atom. The average molecular weight is 472 g/mol. The summed E-state index contributed by atoms with van der Waals surface area (Å²) in [5, 5.41) is 0. The van der Waals surface area contributed by atoms with Gasteiger partial charge in [-0.25, -0.2) is 0 Å². The zero-order valence-corrected chi connectivity index (χ0v) is 19.1. The number of carbonyl (C=O) groups is 2. The number of fused-ring (bicyclic) bond motifs is 2. The molecule has 0 N–H and O–H groups in total. The Morgan fingerprint density at radius 1 is 0.629 bits per heavy atom. The van der Waals surface area contributed by atoms with Crippen molar-refractivity contribution in [3.8, 4) is 23.0 Å². The summed E-state index contributed by atoms with van der Waals surface area (Å²) in [6.07, 6.45) is 1.54. The normalized spacial score (nSPS) is 20.1. The number of benzene rings is 3. The number of carbonyl (C=O) groups excluding carboxylic acids is 2. The van der Waals surface area contributed by atoms with E-state index in [1.807, 2.05) is 66.7 Å². The summed E-state index contributed by atoms with van der Waals surface area (Å²) < 4.78 is 21.9. The van der Waals surface area contributed by atoms with Gasteiger partial charge in [0.2, 0.25) is 25.4 Å². The smallest absolute Gasteiger partial charge is 0.233 e. The van der Waals surface area contributed by atoms with Crippen molar-refractivity contribution in [2.45, 2.75) is 19.3 Å². The highest BCUT2D eigenvalue weighted by atomic mass is 16.7. The van der Waals surface area contributed by atoms with Gasteiger partial charge in [-0.1, -0.05) is 42.5 Å². The Morgan fingerprint density at radius 3 is 1.69 bits per heavy atom. The number of amides is 2. The van der Waals surface area contributed by atoms with Gasteiger partial charge < -0.3 is 18.9 Å². The number of likely N-dealkylation sites (tertiary alicyclic amines) is 1. The van der Waals surface area contributed by atoms with Gasteiger partial charge in [-0.2, -0.15) is 0 Å². The van der Waals surface area contributed by atoms with Gasteiger partial charge in [-0.05, 0) is 60.2 Å². The van der Waals surface area contributed by atoms with Crippen LogP contribution >= 0.6 is 0 Å². The van der Waals surface area contributed by atoms with Crippen molar-refractivity contribution in [3.05, 3.63) is 83.4 Å². The molecule has 35 heavy (non-hydrogen) atoms. The van der Waals surface area contributed by atoms with Crippen LogP contribution in [-0.2, 0) is 28.9 Å². The molecule has 0 aromatic heterocycles. The monoisotopic (exact) mass is 471 g/mol. The van der Waals surface area contributed by atoms with Crippen LogP contribution in [0.5, 0.6) is 23.0 Å². The Kier molecular flexibility index (Phi) is 5.52. The molecule has 178 valence electrons. The fourth-order valence-corrected chi connectivity index (χ4v) is 5.06. The molecule has 3 aromatic carbocycles. The molecule has 0 saturated carbocycles. The third-order valence-corrected chi connectivity index (χ3v) is 6.90. The predicted octanol–water partition coefficient (Wildman–Crippen LogP) is 3.77. The summed E-state index contributed by atoms with van der Waals surface area (Å²) >= 11 is 0. The first-order valence-corrected chi connectivity index (χ1v) is 11.8. The lowest BCUT2D eigenvalue weighted by Gasteiger charge is -2.16. The zero-order chi connectivity index (χ0) is 23.8. The van der Waals surface area contributed by atoms with E-state index in [9.17, 15) is 9.59 Å². The van der Waals surface area contributed by atoms with Gasteiger partial charge in [-0.15, -0.1) is 0 Å². The van der Waals surface area contributed by atoms with Crippen LogP contribution in [0.15, 0.2) is 66.7 Å². The molecular weight excluding hydrogens is 446 g/mol. The number of ether oxygens (including phenoxy) is 4. The third-order valence-electron chi connectivity index (χ3n) is 6.90. The molecule has 3 heterocycles. The van der Waals surface area contributed by atoms with E-state index in [1.165, 1.54) is 4.90 Å². The highest BCUT2D eigenvalue weighted by Crippen LogP contribution is 2.38. The summed E-state index contributed by atoms with van der Waals surface area (Å²) in [4.78, 5) is 28.6. The first-order chi connectivity index (χ1) is 17.2. The third kappa shape index (κ3) is 4.18. The van der Waals surface area contributed by atoms with Crippen LogP contribution in [0.25, 0.3) is 0 Å². The van der Waals surface area contributed by atoms with Crippen molar-refractivity contribution in [2.24, 2.45) is 11.8 Å². The molecule has 7 heteroatoms. The van der Waals surface area contributed by atoms with Crippen molar-refractivity contribution in [1.29, 1.82) is 0 Å². The van der Waals surface area contributed by atoms with Gasteiger partial charge in [0.1, 0.15) is 0 Å². The van der Waals surface area contributed by atoms with E-state index < -0.39 is 11.8 Å². The van der Waals surface area contributed by atoms with E-state index in [2.05, 4.69) is 0 Å². The molecule has 0 radical (unpaired) electrons. The SMILES string of the molecule is O=C1[C@@H](Cc2ccc3c(c2)OCO3)[C@H](Cc2ccc3c(c2)OCO3)C(=O)N1CCc1ccccc1. The van der Waals surface area contributed by atoms with E-state index in [1.54, 1.807) is 0 Å². The number of nitrogens with zero attached hydrogens (tertiary/aromatic N) is 1. The summed E-state index contributed by atoms with van der Waals surface area (Å²) in [6, 6.07) is 21.3. The molecule has 3 aliphatic rings. The number of rotatable bonds is 7. The van der Waals surface area contributed by atoms with Crippen molar-refractivity contribution in [1.82, 2.24) is 4.90 Å². The van der Waals surface area contributed by atoms with E-state index in [-0.39, 0.29) is 25.4 Å². The molecule has 2 atom stereocenters. The Balaban J connectivity index is 1.26. The van der Waals surface area contributed by atoms with Gasteiger partial charge in [0.15, 0.2) is 23.0 Å². The topological polar surface area (TPSA) is 74.3 Å². The first kappa shape index (κ1) is 21.5. The van der Waals surface area contributed by atoms with Crippen LogP contribution in [0.3, 0.4) is 0 Å². The van der Waals surface area contributed by atoms with Crippen LogP contribution in [0, 0.1) is 11.8 Å². The summed E-state index contributed by atoms with van der Waals surface area (Å²) in [6.45, 7) is 0.760. The maximum absolute atomic E-state index is 13.6. The second kappa shape index (κ2) is 8.98. The highest BCUT2D eigenvalue weighted by molar-refractivity contribution is 6.05. The zero-order valence-electron chi connectivity index (χ0n) is 19.1. The van der Waals surface area contributed by atoms with Gasteiger partial charge in [-0.3, -0.25) is 14.5 Å². The van der Waals surface area contributed by atoms with Crippen LogP contribution in [0.4, 0.5) is 0 Å². The summed E-state index contributed by atoms with van der Waals surface area (Å²) in [5.41, 5.74) is 2.99. The lowest BCUT2D eigenvalue weighted by molar-refractivity contribution is -0.139. The average Bonchev–Trinajstić information content (AvgIpc) is 3.59. The van der Waals surface area contributed by atoms with Crippen molar-refractivity contribution >= 4 is 11.8 Å². The minimum Gasteiger partial charge on any atom is -0.454 e. The van der Waals surface area contributed by atoms with Gasteiger partial charge in [0.25, 0.3) is 0 Å². The lowest BCUT2D eigenvalue weighted by Crippen LogP contribution is -2.33. The standard InChI is InChI=1S/C28H25NO6/c30-27-21(12-19-6-8-23-25(14-19)34-16-32-23)22(13-20-7-9-24-26(15-20)35-17-33-24)28(31)29(27)11-10-18-4-2-1-3-5-18/h1-9,14-15,21-22H,10-13,16-17H2/t21-,22-/m0/s1. The molecule has 3 aromatic rings. The second-order valence-corrected chi connectivity index (χ2v) is 9.06. The minimum atomic E-state index is -0.455. The summed E-state index contributed by atoms with van der Waals surface area (Å²) in [7, 11) is 0. The molecule has 7 nitrogen and oxygen atoms in total. The van der Waals surface area contributed by atoms with Crippen LogP contribution in [-0.4, -0.2) is 36.8 Å². The molecular formula is C28H25NO6. The quantitative estimate of drug-likeness (QED) is 0.489. The lowest BCUT2D eigenvalue weighted by atomic mass is 9.84. The van der Waals surface area contributed by atoms with Crippen LogP contribution in [0.1, 0.15) is 16.7 Å². The largest absolute Gasteiger partial charge is 0.454 e. The molecule has 0 spiro atoms. The van der Waals surface area contributed by atoms with Gasteiger partial charge in [0, 0.05) is 6.54 Å². The van der Waals surface area contributed by atoms with Crippen molar-refractivity contribution in [3.63, 3.8) is 0 Å².